The molecule has 0 radical (unpaired) electrons. The summed E-state index contributed by atoms with van der Waals surface area (Å²) in [6.07, 6.45) is 0. The lowest BCUT2D eigenvalue weighted by Crippen LogP contribution is -2.34. The van der Waals surface area contributed by atoms with Crippen molar-refractivity contribution in [2.45, 2.75) is 0 Å². The number of hydrogen-bond acceptors (Lipinski definition) is 5. The van der Waals surface area contributed by atoms with Crippen molar-refractivity contribution in [1.29, 1.82) is 0 Å². The second-order valence-electron chi connectivity index (χ2n) is 5.12. The van der Waals surface area contributed by atoms with Gasteiger partial charge in [-0.3, -0.25) is 10.1 Å². The largest absolute Gasteiger partial charge is 0.486 e. The predicted molar refractivity (Wildman–Crippen MR) is 94.5 cm³/mol. The van der Waals surface area contributed by atoms with E-state index in [9.17, 15) is 9.59 Å². The number of anilines is 1. The summed E-state index contributed by atoms with van der Waals surface area (Å²) in [6, 6.07) is 11.1. The fourth-order valence-electron chi connectivity index (χ4n) is 2.29. The molecule has 1 heterocycles. The molecule has 25 heavy (non-hydrogen) atoms. The number of aromatic carboxylic acids is 1. The maximum Gasteiger partial charge on any atom is 0.337 e. The van der Waals surface area contributed by atoms with Crippen LogP contribution in [0.3, 0.4) is 0 Å². The van der Waals surface area contributed by atoms with Crippen molar-refractivity contribution in [3.05, 3.63) is 53.6 Å². The first-order valence-corrected chi connectivity index (χ1v) is 7.80. The number of ether oxygens (including phenoxy) is 2. The third-order valence-electron chi connectivity index (χ3n) is 3.44. The van der Waals surface area contributed by atoms with Crippen molar-refractivity contribution in [2.24, 2.45) is 0 Å². The van der Waals surface area contributed by atoms with Gasteiger partial charge in [0, 0.05) is 5.56 Å². The molecule has 1 aliphatic rings. The number of para-hydroxylation sites is 1. The maximum absolute atomic E-state index is 12.3. The molecule has 0 saturated carbocycles. The van der Waals surface area contributed by atoms with E-state index in [0.717, 1.165) is 0 Å². The number of carbonyl (C=O) groups excluding carboxylic acids is 1. The second kappa shape index (κ2) is 7.18. The van der Waals surface area contributed by atoms with Gasteiger partial charge >= 0.3 is 5.97 Å². The van der Waals surface area contributed by atoms with E-state index in [1.807, 2.05) is 0 Å². The lowest BCUT2D eigenvalue weighted by molar-refractivity contribution is 0.0698. The van der Waals surface area contributed by atoms with Gasteiger partial charge in [0.2, 0.25) is 0 Å². The molecule has 2 aromatic carbocycles. The molecule has 0 spiro atoms. The molecule has 128 valence electrons. The average molecular weight is 358 g/mol. The van der Waals surface area contributed by atoms with Crippen molar-refractivity contribution in [2.75, 3.05) is 18.5 Å². The van der Waals surface area contributed by atoms with E-state index in [-0.39, 0.29) is 10.7 Å². The van der Waals surface area contributed by atoms with E-state index in [0.29, 0.717) is 36.0 Å². The van der Waals surface area contributed by atoms with Crippen LogP contribution in [0.25, 0.3) is 0 Å². The minimum atomic E-state index is -1.09. The number of carbonyl (C=O) groups is 2. The number of benzene rings is 2. The molecule has 0 aliphatic carbocycles. The van der Waals surface area contributed by atoms with E-state index >= 15 is 0 Å². The normalized spacial score (nSPS) is 12.2. The zero-order valence-electron chi connectivity index (χ0n) is 12.9. The Morgan fingerprint density at radius 2 is 1.76 bits per heavy atom. The van der Waals surface area contributed by atoms with E-state index in [1.165, 1.54) is 6.07 Å². The number of thiocarbonyl (C=S) groups is 1. The van der Waals surface area contributed by atoms with Gasteiger partial charge in [-0.1, -0.05) is 12.1 Å². The number of hydrogen-bond donors (Lipinski definition) is 3. The summed E-state index contributed by atoms with van der Waals surface area (Å²) in [5.74, 6) is -0.459. The summed E-state index contributed by atoms with van der Waals surface area (Å²) >= 11 is 5.09. The van der Waals surface area contributed by atoms with E-state index in [1.54, 1.807) is 36.4 Å². The van der Waals surface area contributed by atoms with Crippen LogP contribution in [0.2, 0.25) is 0 Å². The summed E-state index contributed by atoms with van der Waals surface area (Å²) in [5, 5.41) is 14.4. The van der Waals surface area contributed by atoms with Gasteiger partial charge in [-0.15, -0.1) is 0 Å². The summed E-state index contributed by atoms with van der Waals surface area (Å²) in [6.45, 7) is 0.888. The third kappa shape index (κ3) is 3.86. The van der Waals surface area contributed by atoms with Crippen LogP contribution in [0.15, 0.2) is 42.5 Å². The first-order chi connectivity index (χ1) is 12.0. The fraction of sp³-hybridized carbons (Fsp3) is 0.118. The average Bonchev–Trinajstić information content (AvgIpc) is 2.61. The van der Waals surface area contributed by atoms with Crippen LogP contribution in [-0.2, 0) is 0 Å². The number of carboxylic acids is 1. The Hall–Kier alpha value is -3.13. The minimum absolute atomic E-state index is 0.00594. The number of fused-ring (bicyclic) bond motifs is 1. The monoisotopic (exact) mass is 358 g/mol. The van der Waals surface area contributed by atoms with Crippen molar-refractivity contribution in [3.8, 4) is 11.5 Å². The zero-order chi connectivity index (χ0) is 17.8. The molecule has 1 amide bonds. The fourth-order valence-corrected chi connectivity index (χ4v) is 2.49. The standard InChI is InChI=1S/C17H14N2O5S/c20-15(10-5-6-13-14(9-10)24-8-7-23-13)19-17(25)18-12-4-2-1-3-11(12)16(21)22/h1-6,9H,7-8H2,(H,21,22)(H2,18,19,20,25). The lowest BCUT2D eigenvalue weighted by atomic mass is 10.1. The van der Waals surface area contributed by atoms with Crippen molar-refractivity contribution < 1.29 is 24.2 Å². The second-order valence-corrected chi connectivity index (χ2v) is 5.53. The lowest BCUT2D eigenvalue weighted by Gasteiger charge is -2.18. The van der Waals surface area contributed by atoms with Crippen LogP contribution >= 0.6 is 12.2 Å². The highest BCUT2D eigenvalue weighted by Crippen LogP contribution is 2.30. The smallest absolute Gasteiger partial charge is 0.337 e. The van der Waals surface area contributed by atoms with Crippen LogP contribution in [0.1, 0.15) is 20.7 Å². The molecule has 7 nitrogen and oxygen atoms in total. The predicted octanol–water partition coefficient (Wildman–Crippen LogP) is 2.28. The van der Waals surface area contributed by atoms with Crippen LogP contribution in [-0.4, -0.2) is 35.3 Å². The summed E-state index contributed by atoms with van der Waals surface area (Å²) in [4.78, 5) is 23.5. The molecule has 3 rings (SSSR count). The Balaban J connectivity index is 1.69. The minimum Gasteiger partial charge on any atom is -0.486 e. The van der Waals surface area contributed by atoms with Gasteiger partial charge in [-0.05, 0) is 42.5 Å². The quantitative estimate of drug-likeness (QED) is 0.724. The van der Waals surface area contributed by atoms with E-state index in [2.05, 4.69) is 10.6 Å². The number of amides is 1. The van der Waals surface area contributed by atoms with Crippen LogP contribution < -0.4 is 20.1 Å². The van der Waals surface area contributed by atoms with Crippen LogP contribution in [0.5, 0.6) is 11.5 Å². The molecule has 1 aliphatic heterocycles. The SMILES string of the molecule is O=C(NC(=S)Nc1ccccc1C(=O)O)c1ccc2c(c1)OCCO2. The van der Waals surface area contributed by atoms with Gasteiger partial charge in [-0.25, -0.2) is 4.79 Å². The highest BCUT2D eigenvalue weighted by Gasteiger charge is 2.16. The van der Waals surface area contributed by atoms with Crippen molar-refractivity contribution in [1.82, 2.24) is 5.32 Å². The highest BCUT2D eigenvalue weighted by molar-refractivity contribution is 7.80. The molecule has 0 atom stereocenters. The summed E-state index contributed by atoms with van der Waals surface area (Å²) in [7, 11) is 0. The number of carboxylic acid groups (broad SMARTS) is 1. The molecule has 0 unspecified atom stereocenters. The van der Waals surface area contributed by atoms with Gasteiger partial charge in [0.05, 0.1) is 11.3 Å². The molecule has 0 aromatic heterocycles. The van der Waals surface area contributed by atoms with Gasteiger partial charge in [0.25, 0.3) is 5.91 Å². The molecular formula is C17H14N2O5S. The number of nitrogens with one attached hydrogen (secondary N) is 2. The Kier molecular flexibility index (Phi) is 4.80. The summed E-state index contributed by atoms with van der Waals surface area (Å²) in [5.41, 5.74) is 0.695. The first kappa shape index (κ1) is 16.7. The van der Waals surface area contributed by atoms with E-state index in [4.69, 9.17) is 26.8 Å². The Morgan fingerprint density at radius 1 is 1.04 bits per heavy atom. The Bertz CT molecular complexity index is 853. The molecule has 0 bridgehead atoms. The molecule has 0 fully saturated rings. The highest BCUT2D eigenvalue weighted by atomic mass is 32.1. The van der Waals surface area contributed by atoms with E-state index < -0.39 is 11.9 Å². The maximum atomic E-state index is 12.3. The molecular weight excluding hydrogens is 344 g/mol. The summed E-state index contributed by atoms with van der Waals surface area (Å²) < 4.78 is 10.8. The van der Waals surface area contributed by atoms with Gasteiger partial charge in [0.1, 0.15) is 13.2 Å². The van der Waals surface area contributed by atoms with Crippen molar-refractivity contribution >= 4 is 34.9 Å². The van der Waals surface area contributed by atoms with Crippen LogP contribution in [0, 0.1) is 0 Å². The zero-order valence-corrected chi connectivity index (χ0v) is 13.8. The first-order valence-electron chi connectivity index (χ1n) is 7.39. The molecule has 8 heteroatoms. The molecule has 2 aromatic rings. The Labute approximate surface area is 148 Å². The van der Waals surface area contributed by atoms with Gasteiger partial charge < -0.3 is 19.9 Å². The number of rotatable bonds is 3. The molecule has 0 saturated heterocycles. The van der Waals surface area contributed by atoms with Crippen LogP contribution in [0.4, 0.5) is 5.69 Å². The van der Waals surface area contributed by atoms with Gasteiger partial charge in [-0.2, -0.15) is 0 Å². The topological polar surface area (TPSA) is 96.9 Å². The van der Waals surface area contributed by atoms with Crippen molar-refractivity contribution in [3.63, 3.8) is 0 Å². The Morgan fingerprint density at radius 3 is 2.52 bits per heavy atom. The third-order valence-corrected chi connectivity index (χ3v) is 3.64. The van der Waals surface area contributed by atoms with Gasteiger partial charge in [0.15, 0.2) is 16.6 Å². The molecule has 3 N–H and O–H groups in total.